The van der Waals surface area contributed by atoms with Crippen LogP contribution in [0.2, 0.25) is 0 Å². The van der Waals surface area contributed by atoms with Gasteiger partial charge in [-0.05, 0) is 40.2 Å². The molecule has 0 bridgehead atoms. The van der Waals surface area contributed by atoms with Crippen LogP contribution < -0.4 is 14.4 Å². The van der Waals surface area contributed by atoms with Gasteiger partial charge in [-0.3, -0.25) is 0 Å². The van der Waals surface area contributed by atoms with Gasteiger partial charge in [-0.1, -0.05) is 24.9 Å². The van der Waals surface area contributed by atoms with Gasteiger partial charge in [0.05, 0.1) is 17.3 Å². The maximum absolute atomic E-state index is 12.2. The molecular weight excluding hydrogens is 342 g/mol. The SMILES string of the molecule is COc1ccccc1NC(=O)N(S)c1ncccc1Br. The monoisotopic (exact) mass is 353 g/mol. The summed E-state index contributed by atoms with van der Waals surface area (Å²) in [5.41, 5.74) is 0.561. The number of ether oxygens (including phenoxy) is 1. The molecule has 0 atom stereocenters. The van der Waals surface area contributed by atoms with Crippen molar-refractivity contribution in [1.29, 1.82) is 0 Å². The number of aromatic nitrogens is 1. The van der Waals surface area contributed by atoms with E-state index >= 15 is 0 Å². The quantitative estimate of drug-likeness (QED) is 0.826. The average molecular weight is 354 g/mol. The number of carbonyl (C=O) groups is 1. The van der Waals surface area contributed by atoms with Gasteiger partial charge in [0.1, 0.15) is 5.75 Å². The van der Waals surface area contributed by atoms with E-state index in [4.69, 9.17) is 4.74 Å². The van der Waals surface area contributed by atoms with Gasteiger partial charge in [-0.2, -0.15) is 0 Å². The summed E-state index contributed by atoms with van der Waals surface area (Å²) in [5.74, 6) is 0.978. The van der Waals surface area contributed by atoms with Crippen molar-refractivity contribution >= 4 is 46.3 Å². The lowest BCUT2D eigenvalue weighted by Crippen LogP contribution is -2.27. The van der Waals surface area contributed by atoms with Crippen molar-refractivity contribution < 1.29 is 9.53 Å². The van der Waals surface area contributed by atoms with Crippen LogP contribution in [-0.2, 0) is 0 Å². The Bertz CT molecular complexity index is 624. The Morgan fingerprint density at radius 3 is 2.80 bits per heavy atom. The predicted molar refractivity (Wildman–Crippen MR) is 85.4 cm³/mol. The Labute approximate surface area is 130 Å². The second kappa shape index (κ2) is 6.62. The standard InChI is InChI=1S/C13H12BrN3O2S/c1-19-11-7-3-2-6-10(11)16-13(18)17(20)12-9(14)5-4-8-15-12/h2-8,20H,1H3,(H,16,18). The molecule has 0 fully saturated rings. The van der Waals surface area contributed by atoms with Gasteiger partial charge in [-0.25, -0.2) is 14.1 Å². The molecule has 7 heteroatoms. The molecule has 1 aromatic heterocycles. The van der Waals surface area contributed by atoms with Crippen molar-refractivity contribution in [2.24, 2.45) is 0 Å². The summed E-state index contributed by atoms with van der Waals surface area (Å²) >= 11 is 7.49. The summed E-state index contributed by atoms with van der Waals surface area (Å²) in [6.07, 6.45) is 1.58. The molecule has 0 aliphatic carbocycles. The third-order valence-electron chi connectivity index (χ3n) is 2.48. The van der Waals surface area contributed by atoms with E-state index in [-0.39, 0.29) is 0 Å². The third-order valence-corrected chi connectivity index (χ3v) is 3.47. The fraction of sp³-hybridized carbons (Fsp3) is 0.0769. The van der Waals surface area contributed by atoms with Crippen molar-refractivity contribution in [1.82, 2.24) is 4.98 Å². The second-order valence-electron chi connectivity index (χ2n) is 3.75. The topological polar surface area (TPSA) is 54.5 Å². The normalized spacial score (nSPS) is 9.95. The summed E-state index contributed by atoms with van der Waals surface area (Å²) in [5, 5.41) is 2.71. The van der Waals surface area contributed by atoms with Crippen LogP contribution in [0, 0.1) is 0 Å². The van der Waals surface area contributed by atoms with Gasteiger partial charge < -0.3 is 10.1 Å². The molecule has 2 amide bonds. The van der Waals surface area contributed by atoms with Crippen LogP contribution in [-0.4, -0.2) is 18.1 Å². The zero-order valence-electron chi connectivity index (χ0n) is 10.6. The number of benzene rings is 1. The van der Waals surface area contributed by atoms with Crippen molar-refractivity contribution in [3.8, 4) is 5.75 Å². The van der Waals surface area contributed by atoms with E-state index in [0.717, 1.165) is 4.31 Å². The lowest BCUT2D eigenvalue weighted by Gasteiger charge is -2.17. The Morgan fingerprint density at radius 1 is 1.35 bits per heavy atom. The maximum atomic E-state index is 12.2. The van der Waals surface area contributed by atoms with Crippen molar-refractivity contribution in [3.05, 3.63) is 47.1 Å². The summed E-state index contributed by atoms with van der Waals surface area (Å²) < 4.78 is 6.97. The number of amides is 2. The first-order chi connectivity index (χ1) is 9.63. The van der Waals surface area contributed by atoms with Gasteiger partial charge in [0.25, 0.3) is 0 Å². The van der Waals surface area contributed by atoms with Crippen molar-refractivity contribution in [2.45, 2.75) is 0 Å². The second-order valence-corrected chi connectivity index (χ2v) is 5.01. The molecule has 0 spiro atoms. The highest BCUT2D eigenvalue weighted by atomic mass is 79.9. The first-order valence-electron chi connectivity index (χ1n) is 5.67. The van der Waals surface area contributed by atoms with E-state index in [1.165, 1.54) is 0 Å². The Kier molecular flexibility index (Phi) is 4.86. The fourth-order valence-corrected chi connectivity index (χ4v) is 2.32. The zero-order chi connectivity index (χ0) is 14.5. The number of urea groups is 1. The lowest BCUT2D eigenvalue weighted by atomic mass is 10.3. The number of hydrogen-bond acceptors (Lipinski definition) is 4. The molecule has 0 aliphatic heterocycles. The van der Waals surface area contributed by atoms with Crippen molar-refractivity contribution in [2.75, 3.05) is 16.7 Å². The minimum atomic E-state index is -0.433. The first-order valence-corrected chi connectivity index (χ1v) is 6.86. The largest absolute Gasteiger partial charge is 0.495 e. The highest BCUT2D eigenvalue weighted by Gasteiger charge is 2.17. The molecular formula is C13H12BrN3O2S. The van der Waals surface area contributed by atoms with E-state index in [9.17, 15) is 4.79 Å². The van der Waals surface area contributed by atoms with Gasteiger partial charge >= 0.3 is 6.03 Å². The van der Waals surface area contributed by atoms with Crippen LogP contribution in [0.1, 0.15) is 0 Å². The molecule has 0 saturated heterocycles. The van der Waals surface area contributed by atoms with Crippen molar-refractivity contribution in [3.63, 3.8) is 0 Å². The Morgan fingerprint density at radius 2 is 2.10 bits per heavy atom. The molecule has 0 aliphatic rings. The maximum Gasteiger partial charge on any atom is 0.337 e. The van der Waals surface area contributed by atoms with Gasteiger partial charge in [-0.15, -0.1) is 0 Å². The van der Waals surface area contributed by atoms with Crippen LogP contribution in [0.5, 0.6) is 5.75 Å². The predicted octanol–water partition coefficient (Wildman–Crippen LogP) is 3.74. The number of methoxy groups -OCH3 is 1. The molecule has 20 heavy (non-hydrogen) atoms. The zero-order valence-corrected chi connectivity index (χ0v) is 13.1. The van der Waals surface area contributed by atoms with E-state index < -0.39 is 6.03 Å². The molecule has 0 unspecified atom stereocenters. The molecule has 1 aromatic carbocycles. The summed E-state index contributed by atoms with van der Waals surface area (Å²) in [6, 6.07) is 10.2. The van der Waals surface area contributed by atoms with Crippen LogP contribution >= 0.6 is 28.7 Å². The number of nitrogens with zero attached hydrogens (tertiary/aromatic N) is 2. The fourth-order valence-electron chi connectivity index (χ4n) is 1.55. The molecule has 2 aromatic rings. The Balaban J connectivity index is 2.18. The van der Waals surface area contributed by atoms with Gasteiger partial charge in [0.2, 0.25) is 0 Å². The van der Waals surface area contributed by atoms with Gasteiger partial charge in [0.15, 0.2) is 5.82 Å². The van der Waals surface area contributed by atoms with E-state index in [2.05, 4.69) is 39.0 Å². The number of para-hydroxylation sites is 2. The molecule has 2 rings (SSSR count). The van der Waals surface area contributed by atoms with Crippen LogP contribution in [0.4, 0.5) is 16.3 Å². The molecule has 104 valence electrons. The van der Waals surface area contributed by atoms with Crippen LogP contribution in [0.25, 0.3) is 0 Å². The number of carbonyl (C=O) groups excluding carboxylic acids is 1. The number of pyridine rings is 1. The van der Waals surface area contributed by atoms with E-state index in [1.54, 1.807) is 43.6 Å². The molecule has 1 N–H and O–H groups in total. The number of thiol groups is 1. The summed E-state index contributed by atoms with van der Waals surface area (Å²) in [4.78, 5) is 16.2. The van der Waals surface area contributed by atoms with E-state index in [1.807, 2.05) is 6.07 Å². The smallest absolute Gasteiger partial charge is 0.337 e. The summed E-state index contributed by atoms with van der Waals surface area (Å²) in [7, 11) is 1.54. The molecule has 5 nitrogen and oxygen atoms in total. The third kappa shape index (κ3) is 3.23. The molecule has 0 radical (unpaired) electrons. The molecule has 0 saturated carbocycles. The minimum Gasteiger partial charge on any atom is -0.495 e. The number of nitrogens with one attached hydrogen (secondary N) is 1. The van der Waals surface area contributed by atoms with E-state index in [0.29, 0.717) is 21.7 Å². The highest BCUT2D eigenvalue weighted by Crippen LogP contribution is 2.27. The number of rotatable bonds is 3. The lowest BCUT2D eigenvalue weighted by molar-refractivity contribution is 0.260. The Hall–Kier alpha value is -1.73. The number of halogens is 1. The van der Waals surface area contributed by atoms with Crippen LogP contribution in [0.3, 0.4) is 0 Å². The molecule has 1 heterocycles. The minimum absolute atomic E-state index is 0.406. The number of anilines is 2. The summed E-state index contributed by atoms with van der Waals surface area (Å²) in [6.45, 7) is 0. The van der Waals surface area contributed by atoms with Crippen LogP contribution in [0.15, 0.2) is 47.1 Å². The average Bonchev–Trinajstić information content (AvgIpc) is 2.47. The van der Waals surface area contributed by atoms with Gasteiger partial charge in [0, 0.05) is 6.20 Å². The number of hydrogen-bond donors (Lipinski definition) is 2. The highest BCUT2D eigenvalue weighted by molar-refractivity contribution is 9.10. The first kappa shape index (κ1) is 14.7.